The van der Waals surface area contributed by atoms with Gasteiger partial charge in [0.05, 0.1) is 11.6 Å². The molecule has 2 aromatic rings. The molecule has 0 aliphatic carbocycles. The third-order valence-corrected chi connectivity index (χ3v) is 2.93. The van der Waals surface area contributed by atoms with E-state index in [2.05, 4.69) is 6.07 Å². The summed E-state index contributed by atoms with van der Waals surface area (Å²) in [5.74, 6) is -0.598. The van der Waals surface area contributed by atoms with Gasteiger partial charge in [-0.3, -0.25) is 0 Å². The maximum absolute atomic E-state index is 10.7. The minimum atomic E-state index is -1.05. The molecule has 0 unspecified atom stereocenters. The fourth-order valence-electron chi connectivity index (χ4n) is 1.95. The van der Waals surface area contributed by atoms with Gasteiger partial charge in [0.2, 0.25) is 0 Å². The van der Waals surface area contributed by atoms with Gasteiger partial charge in [0.1, 0.15) is 5.75 Å². The van der Waals surface area contributed by atoms with E-state index < -0.39 is 12.6 Å². The van der Waals surface area contributed by atoms with E-state index in [1.807, 2.05) is 12.1 Å². The minimum Gasteiger partial charge on any atom is -0.481 e. The first-order chi connectivity index (χ1) is 10.1. The number of nitrogens with zero attached hydrogens (tertiary/aromatic N) is 1. The summed E-state index contributed by atoms with van der Waals surface area (Å²) in [5, 5.41) is 17.7. The molecule has 2 aromatic carbocycles. The lowest BCUT2D eigenvalue weighted by atomic mass is 10.00. The molecule has 0 bridgehead atoms. The number of ether oxygens (including phenoxy) is 1. The number of carbonyl (C=O) groups is 1. The molecule has 5 nitrogen and oxygen atoms in total. The first kappa shape index (κ1) is 14.6. The molecule has 0 saturated heterocycles. The zero-order valence-electron chi connectivity index (χ0n) is 11.2. The standard InChI is InChI=1S/C16H14N2O3/c17-8-11-2-1-3-13(6-11)14-7-12(9-18)4-5-15(14)21-10-16(19)20/h1-7H,9-10,18H2,(H,19,20). The fraction of sp³-hybridized carbons (Fsp3) is 0.125. The van der Waals surface area contributed by atoms with Gasteiger partial charge in [-0.25, -0.2) is 4.79 Å². The van der Waals surface area contributed by atoms with Crippen LogP contribution in [0, 0.1) is 11.3 Å². The molecule has 0 saturated carbocycles. The second kappa shape index (κ2) is 6.55. The van der Waals surface area contributed by atoms with Gasteiger partial charge in [-0.2, -0.15) is 5.26 Å². The SMILES string of the molecule is N#Cc1cccc(-c2cc(CN)ccc2OCC(=O)O)c1. The van der Waals surface area contributed by atoms with Crippen LogP contribution < -0.4 is 10.5 Å². The van der Waals surface area contributed by atoms with Gasteiger partial charge in [0.15, 0.2) is 6.61 Å². The van der Waals surface area contributed by atoms with Gasteiger partial charge in [0.25, 0.3) is 0 Å². The lowest BCUT2D eigenvalue weighted by molar-refractivity contribution is -0.139. The summed E-state index contributed by atoms with van der Waals surface area (Å²) >= 11 is 0. The number of carboxylic acid groups (broad SMARTS) is 1. The van der Waals surface area contributed by atoms with Gasteiger partial charge >= 0.3 is 5.97 Å². The normalized spacial score (nSPS) is 9.90. The van der Waals surface area contributed by atoms with Crippen molar-refractivity contribution in [2.75, 3.05) is 6.61 Å². The van der Waals surface area contributed by atoms with Crippen molar-refractivity contribution in [3.63, 3.8) is 0 Å². The molecule has 0 heterocycles. The average molecular weight is 282 g/mol. The molecule has 0 amide bonds. The molecule has 2 rings (SSSR count). The van der Waals surface area contributed by atoms with Gasteiger partial charge < -0.3 is 15.6 Å². The van der Waals surface area contributed by atoms with E-state index in [9.17, 15) is 4.79 Å². The smallest absolute Gasteiger partial charge is 0.341 e. The summed E-state index contributed by atoms with van der Waals surface area (Å²) in [7, 11) is 0. The van der Waals surface area contributed by atoms with Gasteiger partial charge in [-0.05, 0) is 35.4 Å². The lowest BCUT2D eigenvalue weighted by Crippen LogP contribution is -2.10. The van der Waals surface area contributed by atoms with Crippen molar-refractivity contribution in [1.29, 1.82) is 5.26 Å². The van der Waals surface area contributed by atoms with Crippen molar-refractivity contribution in [2.24, 2.45) is 5.73 Å². The van der Waals surface area contributed by atoms with Gasteiger partial charge in [-0.15, -0.1) is 0 Å². The van der Waals surface area contributed by atoms with E-state index in [4.69, 9.17) is 20.8 Å². The van der Waals surface area contributed by atoms with Crippen LogP contribution in [-0.4, -0.2) is 17.7 Å². The highest BCUT2D eigenvalue weighted by Gasteiger charge is 2.10. The van der Waals surface area contributed by atoms with Crippen LogP contribution in [0.15, 0.2) is 42.5 Å². The minimum absolute atomic E-state index is 0.365. The predicted molar refractivity (Wildman–Crippen MR) is 77.6 cm³/mol. The number of benzene rings is 2. The summed E-state index contributed by atoms with van der Waals surface area (Å²) in [6, 6.07) is 14.4. The van der Waals surface area contributed by atoms with Crippen LogP contribution in [0.1, 0.15) is 11.1 Å². The summed E-state index contributed by atoms with van der Waals surface area (Å²) in [5.41, 5.74) is 8.56. The van der Waals surface area contributed by atoms with Crippen LogP contribution in [0.2, 0.25) is 0 Å². The Hall–Kier alpha value is -2.84. The Morgan fingerprint density at radius 1 is 1.29 bits per heavy atom. The van der Waals surface area contributed by atoms with Gasteiger partial charge in [0, 0.05) is 12.1 Å². The van der Waals surface area contributed by atoms with E-state index in [1.165, 1.54) is 0 Å². The second-order valence-electron chi connectivity index (χ2n) is 4.41. The average Bonchev–Trinajstić information content (AvgIpc) is 2.52. The van der Waals surface area contributed by atoms with E-state index >= 15 is 0 Å². The first-order valence-corrected chi connectivity index (χ1v) is 6.32. The Balaban J connectivity index is 2.47. The third kappa shape index (κ3) is 3.59. The highest BCUT2D eigenvalue weighted by Crippen LogP contribution is 2.31. The van der Waals surface area contributed by atoms with E-state index in [-0.39, 0.29) is 0 Å². The number of hydrogen-bond donors (Lipinski definition) is 2. The molecule has 0 radical (unpaired) electrons. The third-order valence-electron chi connectivity index (χ3n) is 2.93. The molecule has 0 atom stereocenters. The molecular formula is C16H14N2O3. The van der Waals surface area contributed by atoms with Crippen molar-refractivity contribution in [1.82, 2.24) is 0 Å². The zero-order valence-corrected chi connectivity index (χ0v) is 11.2. The Morgan fingerprint density at radius 2 is 2.10 bits per heavy atom. The largest absolute Gasteiger partial charge is 0.481 e. The lowest BCUT2D eigenvalue weighted by Gasteiger charge is -2.12. The van der Waals surface area contributed by atoms with E-state index in [0.29, 0.717) is 17.9 Å². The Labute approximate surface area is 122 Å². The molecule has 0 aromatic heterocycles. The van der Waals surface area contributed by atoms with Crippen molar-refractivity contribution >= 4 is 5.97 Å². The molecule has 3 N–H and O–H groups in total. The molecule has 0 aliphatic rings. The molecular weight excluding hydrogens is 268 g/mol. The predicted octanol–water partition coefficient (Wildman–Crippen LogP) is 2.15. The highest BCUT2D eigenvalue weighted by atomic mass is 16.5. The maximum atomic E-state index is 10.7. The maximum Gasteiger partial charge on any atom is 0.341 e. The van der Waals surface area contributed by atoms with E-state index in [1.54, 1.807) is 30.3 Å². The number of rotatable bonds is 5. The van der Waals surface area contributed by atoms with Crippen LogP contribution in [0.5, 0.6) is 5.75 Å². The van der Waals surface area contributed by atoms with Crippen molar-refractivity contribution in [2.45, 2.75) is 6.54 Å². The van der Waals surface area contributed by atoms with Crippen molar-refractivity contribution in [3.8, 4) is 22.9 Å². The quantitative estimate of drug-likeness (QED) is 0.875. The van der Waals surface area contributed by atoms with Crippen LogP contribution in [0.3, 0.4) is 0 Å². The number of nitrogens with two attached hydrogens (primary N) is 1. The monoisotopic (exact) mass is 282 g/mol. The molecule has 21 heavy (non-hydrogen) atoms. The zero-order chi connectivity index (χ0) is 15.2. The molecule has 5 heteroatoms. The fourth-order valence-corrected chi connectivity index (χ4v) is 1.95. The summed E-state index contributed by atoms with van der Waals surface area (Å²) < 4.78 is 5.30. The van der Waals surface area contributed by atoms with Gasteiger partial charge in [-0.1, -0.05) is 18.2 Å². The van der Waals surface area contributed by atoms with Crippen LogP contribution in [0.4, 0.5) is 0 Å². The Kier molecular flexibility index (Phi) is 4.54. The number of hydrogen-bond acceptors (Lipinski definition) is 4. The summed E-state index contributed by atoms with van der Waals surface area (Å²) in [6.45, 7) is -0.0585. The molecule has 0 spiro atoms. The van der Waals surface area contributed by atoms with Crippen LogP contribution >= 0.6 is 0 Å². The Morgan fingerprint density at radius 3 is 2.76 bits per heavy atom. The summed E-state index contributed by atoms with van der Waals surface area (Å²) in [6.07, 6.45) is 0. The van der Waals surface area contributed by atoms with Crippen LogP contribution in [0.25, 0.3) is 11.1 Å². The first-order valence-electron chi connectivity index (χ1n) is 6.32. The molecule has 0 fully saturated rings. The number of carboxylic acids is 1. The number of nitriles is 1. The summed E-state index contributed by atoms with van der Waals surface area (Å²) in [4.78, 5) is 10.7. The number of aliphatic carboxylic acids is 1. The van der Waals surface area contributed by atoms with Crippen molar-refractivity contribution in [3.05, 3.63) is 53.6 Å². The topological polar surface area (TPSA) is 96.3 Å². The highest BCUT2D eigenvalue weighted by molar-refractivity contribution is 5.74. The molecule has 106 valence electrons. The molecule has 0 aliphatic heterocycles. The van der Waals surface area contributed by atoms with E-state index in [0.717, 1.165) is 16.7 Å². The van der Waals surface area contributed by atoms with Crippen LogP contribution in [-0.2, 0) is 11.3 Å². The Bertz CT molecular complexity index is 705. The second-order valence-corrected chi connectivity index (χ2v) is 4.41. The van der Waals surface area contributed by atoms with Crippen molar-refractivity contribution < 1.29 is 14.6 Å².